The highest BCUT2D eigenvalue weighted by molar-refractivity contribution is 7.13. The molecule has 2 aromatic heterocycles. The van der Waals surface area contributed by atoms with E-state index >= 15 is 0 Å². The van der Waals surface area contributed by atoms with Crippen LogP contribution in [0.2, 0.25) is 0 Å². The second kappa shape index (κ2) is 8.74. The van der Waals surface area contributed by atoms with Gasteiger partial charge in [0.25, 0.3) is 11.5 Å². The second-order valence-electron chi connectivity index (χ2n) is 6.09. The summed E-state index contributed by atoms with van der Waals surface area (Å²) in [7, 11) is 4.46. The lowest BCUT2D eigenvalue weighted by Gasteiger charge is -2.08. The number of thiazole rings is 1. The van der Waals surface area contributed by atoms with Crippen LogP contribution in [0.3, 0.4) is 0 Å². The van der Waals surface area contributed by atoms with Crippen molar-refractivity contribution in [1.29, 1.82) is 0 Å². The molecule has 152 valence electrons. The van der Waals surface area contributed by atoms with Crippen molar-refractivity contribution in [1.82, 2.24) is 19.9 Å². The van der Waals surface area contributed by atoms with Gasteiger partial charge in [0, 0.05) is 37.2 Å². The van der Waals surface area contributed by atoms with Crippen LogP contribution in [0, 0.1) is 0 Å². The molecule has 1 aromatic carbocycles. The SMILES string of the molecule is COc1ccc(-c2nc(CCNC(=O)c3c[nH]c(=O)n(C)c3=O)cs2)cc1OC. The summed E-state index contributed by atoms with van der Waals surface area (Å²) in [5.74, 6) is 0.720. The van der Waals surface area contributed by atoms with Crippen LogP contribution in [0.1, 0.15) is 16.1 Å². The van der Waals surface area contributed by atoms with E-state index in [4.69, 9.17) is 9.47 Å². The molecule has 29 heavy (non-hydrogen) atoms. The minimum absolute atomic E-state index is 0.114. The van der Waals surface area contributed by atoms with Crippen LogP contribution in [0.4, 0.5) is 0 Å². The Hall–Kier alpha value is -3.40. The molecule has 0 radical (unpaired) electrons. The van der Waals surface area contributed by atoms with Crippen molar-refractivity contribution in [2.75, 3.05) is 20.8 Å². The fourth-order valence-corrected chi connectivity index (χ4v) is 3.50. The van der Waals surface area contributed by atoms with Crippen molar-refractivity contribution in [2.24, 2.45) is 7.05 Å². The molecule has 0 spiro atoms. The largest absolute Gasteiger partial charge is 0.493 e. The zero-order valence-corrected chi connectivity index (χ0v) is 17.0. The zero-order chi connectivity index (χ0) is 21.0. The molecule has 0 aliphatic carbocycles. The van der Waals surface area contributed by atoms with E-state index < -0.39 is 17.2 Å². The number of aromatic amines is 1. The van der Waals surface area contributed by atoms with Crippen LogP contribution < -0.4 is 26.0 Å². The Balaban J connectivity index is 1.64. The average Bonchev–Trinajstić information content (AvgIpc) is 3.20. The van der Waals surface area contributed by atoms with Crippen LogP contribution in [-0.4, -0.2) is 41.2 Å². The lowest BCUT2D eigenvalue weighted by molar-refractivity contribution is 0.0951. The number of hydrogen-bond donors (Lipinski definition) is 2. The fraction of sp³-hybridized carbons (Fsp3) is 0.263. The Labute approximate surface area is 170 Å². The normalized spacial score (nSPS) is 10.6. The predicted molar refractivity (Wildman–Crippen MR) is 109 cm³/mol. The summed E-state index contributed by atoms with van der Waals surface area (Å²) >= 11 is 1.48. The first-order valence-corrected chi connectivity index (χ1v) is 9.56. The minimum Gasteiger partial charge on any atom is -0.493 e. The summed E-state index contributed by atoms with van der Waals surface area (Å²) < 4.78 is 11.4. The molecule has 0 atom stereocenters. The van der Waals surface area contributed by atoms with Crippen molar-refractivity contribution in [2.45, 2.75) is 6.42 Å². The van der Waals surface area contributed by atoms with Gasteiger partial charge in [0.1, 0.15) is 10.6 Å². The van der Waals surface area contributed by atoms with E-state index in [9.17, 15) is 14.4 Å². The molecule has 2 N–H and O–H groups in total. The van der Waals surface area contributed by atoms with E-state index in [0.717, 1.165) is 27.0 Å². The van der Waals surface area contributed by atoms with Gasteiger partial charge in [0.05, 0.1) is 19.9 Å². The van der Waals surface area contributed by atoms with E-state index in [2.05, 4.69) is 15.3 Å². The summed E-state index contributed by atoms with van der Waals surface area (Å²) in [6, 6.07) is 5.58. The van der Waals surface area contributed by atoms with Gasteiger partial charge >= 0.3 is 5.69 Å². The maximum atomic E-state index is 12.2. The Bertz CT molecular complexity index is 1150. The smallest absolute Gasteiger partial charge is 0.328 e. The highest BCUT2D eigenvalue weighted by Crippen LogP contribution is 2.33. The van der Waals surface area contributed by atoms with E-state index in [1.807, 2.05) is 23.6 Å². The summed E-state index contributed by atoms with van der Waals surface area (Å²) in [6.07, 6.45) is 1.62. The molecule has 0 unspecified atom stereocenters. The first-order chi connectivity index (χ1) is 13.9. The van der Waals surface area contributed by atoms with E-state index in [0.29, 0.717) is 24.5 Å². The monoisotopic (exact) mass is 416 g/mol. The molecule has 3 aromatic rings. The first-order valence-electron chi connectivity index (χ1n) is 8.68. The Morgan fingerprint density at radius 1 is 1.24 bits per heavy atom. The summed E-state index contributed by atoms with van der Waals surface area (Å²) in [4.78, 5) is 42.5. The fourth-order valence-electron chi connectivity index (χ4n) is 2.65. The molecule has 3 rings (SSSR count). The van der Waals surface area contributed by atoms with E-state index in [1.165, 1.54) is 18.4 Å². The van der Waals surface area contributed by atoms with Gasteiger partial charge in [-0.05, 0) is 18.2 Å². The van der Waals surface area contributed by atoms with Crippen molar-refractivity contribution < 1.29 is 14.3 Å². The number of carbonyl (C=O) groups excluding carboxylic acids is 1. The van der Waals surface area contributed by atoms with Gasteiger partial charge in [-0.15, -0.1) is 11.3 Å². The summed E-state index contributed by atoms with van der Waals surface area (Å²) in [5.41, 5.74) is 0.387. The molecule has 1 amide bonds. The van der Waals surface area contributed by atoms with Gasteiger partial charge < -0.3 is 19.8 Å². The van der Waals surface area contributed by atoms with Crippen LogP contribution in [0.15, 0.2) is 39.4 Å². The highest BCUT2D eigenvalue weighted by atomic mass is 32.1. The number of ether oxygens (including phenoxy) is 2. The average molecular weight is 416 g/mol. The summed E-state index contributed by atoms with van der Waals surface area (Å²) in [5, 5.41) is 5.41. The third kappa shape index (κ3) is 4.37. The molecular weight excluding hydrogens is 396 g/mol. The van der Waals surface area contributed by atoms with Gasteiger partial charge in [0.2, 0.25) is 0 Å². The van der Waals surface area contributed by atoms with Crippen molar-refractivity contribution >= 4 is 17.2 Å². The van der Waals surface area contributed by atoms with Crippen LogP contribution in [0.5, 0.6) is 11.5 Å². The van der Waals surface area contributed by atoms with Crippen LogP contribution >= 0.6 is 11.3 Å². The quantitative estimate of drug-likeness (QED) is 0.598. The van der Waals surface area contributed by atoms with Gasteiger partial charge in [-0.1, -0.05) is 0 Å². The minimum atomic E-state index is -0.643. The van der Waals surface area contributed by atoms with Crippen molar-refractivity contribution in [3.05, 3.63) is 61.9 Å². The third-order valence-electron chi connectivity index (χ3n) is 4.27. The predicted octanol–water partition coefficient (Wildman–Crippen LogP) is 1.19. The molecule has 0 bridgehead atoms. The molecule has 2 heterocycles. The number of H-pyrrole nitrogens is 1. The van der Waals surface area contributed by atoms with Gasteiger partial charge in [-0.2, -0.15) is 0 Å². The molecule has 0 aliphatic heterocycles. The molecule has 10 heteroatoms. The number of nitrogens with one attached hydrogen (secondary N) is 2. The highest BCUT2D eigenvalue weighted by Gasteiger charge is 2.13. The van der Waals surface area contributed by atoms with E-state index in [-0.39, 0.29) is 5.56 Å². The maximum Gasteiger partial charge on any atom is 0.328 e. The van der Waals surface area contributed by atoms with Gasteiger partial charge in [-0.3, -0.25) is 14.2 Å². The Morgan fingerprint density at radius 3 is 2.72 bits per heavy atom. The third-order valence-corrected chi connectivity index (χ3v) is 5.21. The molecule has 0 saturated carbocycles. The topological polar surface area (TPSA) is 115 Å². The molecular formula is C19H20N4O5S. The molecule has 0 fully saturated rings. The second-order valence-corrected chi connectivity index (χ2v) is 6.95. The number of benzene rings is 1. The maximum absolute atomic E-state index is 12.2. The zero-order valence-electron chi connectivity index (χ0n) is 16.1. The van der Waals surface area contributed by atoms with E-state index in [1.54, 1.807) is 14.2 Å². The van der Waals surface area contributed by atoms with Gasteiger partial charge in [0.15, 0.2) is 11.5 Å². The number of aromatic nitrogens is 3. The van der Waals surface area contributed by atoms with Gasteiger partial charge in [-0.25, -0.2) is 9.78 Å². The van der Waals surface area contributed by atoms with Crippen LogP contribution in [0.25, 0.3) is 10.6 Å². The lowest BCUT2D eigenvalue weighted by atomic mass is 10.2. The Kier molecular flexibility index (Phi) is 6.13. The summed E-state index contributed by atoms with van der Waals surface area (Å²) in [6.45, 7) is 0.302. The first kappa shape index (κ1) is 20.3. The molecule has 9 nitrogen and oxygen atoms in total. The van der Waals surface area contributed by atoms with Crippen LogP contribution in [-0.2, 0) is 13.5 Å². The standard InChI is InChI=1S/C19H20N4O5S/c1-23-18(25)13(9-21-19(23)26)16(24)20-7-6-12-10-29-17(22-12)11-4-5-14(27-2)15(8-11)28-3/h4-5,8-10H,6-7H2,1-3H3,(H,20,24)(H,21,26). The Morgan fingerprint density at radius 2 is 2.00 bits per heavy atom. The number of hydrogen-bond acceptors (Lipinski definition) is 7. The van der Waals surface area contributed by atoms with Crippen molar-refractivity contribution in [3.8, 4) is 22.1 Å². The molecule has 0 saturated heterocycles. The number of methoxy groups -OCH3 is 2. The van der Waals surface area contributed by atoms with Crippen molar-refractivity contribution in [3.63, 3.8) is 0 Å². The number of nitrogens with zero attached hydrogens (tertiary/aromatic N) is 2. The number of amides is 1. The number of rotatable bonds is 7. The lowest BCUT2D eigenvalue weighted by Crippen LogP contribution is -2.39. The number of carbonyl (C=O) groups is 1. The molecule has 0 aliphatic rings.